The molecule has 0 saturated carbocycles. The predicted molar refractivity (Wildman–Crippen MR) is 139 cm³/mol. The standard InChI is InChI=1S/C26H38N6O3/c1-18-14-19(2)16-21(15-18)30-26(35)23(9-8-20-6-4-3-5-7-20)31-25(34)22(29)17-24(33)32(12-10-27)13-11-28/h3-7,14-16,22-23H,8-13,17,27-29H2,1-2H3,(H,30,35)(H,31,34)/t22-,23-/m0/s1. The van der Waals surface area contributed by atoms with Gasteiger partial charge in [-0.15, -0.1) is 0 Å². The molecule has 35 heavy (non-hydrogen) atoms. The maximum atomic E-state index is 13.1. The number of nitrogens with one attached hydrogen (secondary N) is 2. The highest BCUT2D eigenvalue weighted by Gasteiger charge is 2.26. The molecule has 0 radical (unpaired) electrons. The third-order valence-electron chi connectivity index (χ3n) is 5.57. The zero-order chi connectivity index (χ0) is 25.8. The Balaban J connectivity index is 2.10. The van der Waals surface area contributed by atoms with E-state index in [-0.39, 0.29) is 31.3 Å². The quantitative estimate of drug-likeness (QED) is 0.285. The summed E-state index contributed by atoms with van der Waals surface area (Å²) in [5, 5.41) is 5.65. The van der Waals surface area contributed by atoms with Crippen LogP contribution < -0.4 is 27.8 Å². The average Bonchev–Trinajstić information content (AvgIpc) is 2.81. The van der Waals surface area contributed by atoms with Crippen LogP contribution in [0.15, 0.2) is 48.5 Å². The molecule has 0 spiro atoms. The van der Waals surface area contributed by atoms with Gasteiger partial charge in [0.05, 0.1) is 12.5 Å². The van der Waals surface area contributed by atoms with Crippen molar-refractivity contribution in [2.45, 2.75) is 45.2 Å². The molecule has 0 aliphatic rings. The molecule has 9 nitrogen and oxygen atoms in total. The van der Waals surface area contributed by atoms with Crippen molar-refractivity contribution in [2.24, 2.45) is 17.2 Å². The summed E-state index contributed by atoms with van der Waals surface area (Å²) in [6, 6.07) is 13.5. The van der Waals surface area contributed by atoms with Gasteiger partial charge in [-0.05, 0) is 55.5 Å². The normalized spacial score (nSPS) is 12.5. The van der Waals surface area contributed by atoms with Crippen molar-refractivity contribution in [1.29, 1.82) is 0 Å². The minimum atomic E-state index is -1.10. The lowest BCUT2D eigenvalue weighted by Crippen LogP contribution is -2.52. The van der Waals surface area contributed by atoms with Crippen molar-refractivity contribution in [3.8, 4) is 0 Å². The summed E-state index contributed by atoms with van der Waals surface area (Å²) in [5.41, 5.74) is 20.9. The van der Waals surface area contributed by atoms with Crippen LogP contribution in [0.3, 0.4) is 0 Å². The molecule has 0 fully saturated rings. The number of carbonyl (C=O) groups excluding carboxylic acids is 3. The van der Waals surface area contributed by atoms with Crippen LogP contribution in [0.2, 0.25) is 0 Å². The lowest BCUT2D eigenvalue weighted by molar-refractivity contribution is -0.134. The van der Waals surface area contributed by atoms with E-state index in [0.717, 1.165) is 16.7 Å². The lowest BCUT2D eigenvalue weighted by atomic mass is 10.0. The zero-order valence-corrected chi connectivity index (χ0v) is 20.6. The van der Waals surface area contributed by atoms with E-state index in [1.54, 1.807) is 0 Å². The van der Waals surface area contributed by atoms with E-state index in [9.17, 15) is 14.4 Å². The zero-order valence-electron chi connectivity index (χ0n) is 20.6. The van der Waals surface area contributed by atoms with Crippen molar-refractivity contribution in [1.82, 2.24) is 10.2 Å². The topological polar surface area (TPSA) is 157 Å². The molecule has 2 rings (SSSR count). The van der Waals surface area contributed by atoms with Crippen molar-refractivity contribution in [3.63, 3.8) is 0 Å². The number of rotatable bonds is 13. The van der Waals surface area contributed by atoms with E-state index in [1.165, 1.54) is 4.90 Å². The number of carbonyl (C=O) groups is 3. The van der Waals surface area contributed by atoms with Gasteiger partial charge in [0, 0.05) is 31.9 Å². The average molecular weight is 483 g/mol. The fraction of sp³-hybridized carbons (Fsp3) is 0.423. The Morgan fingerprint density at radius 1 is 0.914 bits per heavy atom. The molecule has 2 atom stereocenters. The Bertz CT molecular complexity index is 956. The first-order valence-electron chi connectivity index (χ1n) is 11.9. The second-order valence-corrected chi connectivity index (χ2v) is 8.72. The van der Waals surface area contributed by atoms with E-state index >= 15 is 0 Å². The Morgan fingerprint density at radius 3 is 2.09 bits per heavy atom. The van der Waals surface area contributed by atoms with Gasteiger partial charge < -0.3 is 32.7 Å². The molecule has 0 bridgehead atoms. The van der Waals surface area contributed by atoms with Crippen molar-refractivity contribution in [2.75, 3.05) is 31.5 Å². The highest BCUT2D eigenvalue weighted by atomic mass is 16.2. The van der Waals surface area contributed by atoms with Crippen LogP contribution in [0.25, 0.3) is 0 Å². The summed E-state index contributed by atoms with van der Waals surface area (Å²) < 4.78 is 0. The molecule has 190 valence electrons. The SMILES string of the molecule is Cc1cc(C)cc(NC(=O)[C@H](CCc2ccccc2)NC(=O)[C@@H](N)CC(=O)N(CCN)CCN)c1. The van der Waals surface area contributed by atoms with E-state index < -0.39 is 18.0 Å². The minimum Gasteiger partial charge on any atom is -0.343 e. The highest BCUT2D eigenvalue weighted by Crippen LogP contribution is 2.15. The van der Waals surface area contributed by atoms with E-state index in [1.807, 2.05) is 62.4 Å². The van der Waals surface area contributed by atoms with E-state index in [4.69, 9.17) is 17.2 Å². The molecule has 0 aliphatic carbocycles. The number of hydrogen-bond donors (Lipinski definition) is 5. The Hall–Kier alpha value is -3.27. The summed E-state index contributed by atoms with van der Waals surface area (Å²) in [5.74, 6) is -1.21. The molecule has 0 aliphatic heterocycles. The number of hydrogen-bond acceptors (Lipinski definition) is 6. The summed E-state index contributed by atoms with van der Waals surface area (Å²) >= 11 is 0. The molecule has 0 heterocycles. The van der Waals surface area contributed by atoms with Crippen molar-refractivity contribution < 1.29 is 14.4 Å². The second kappa shape index (κ2) is 14.2. The van der Waals surface area contributed by atoms with Crippen LogP contribution in [0.4, 0.5) is 5.69 Å². The van der Waals surface area contributed by atoms with Crippen molar-refractivity contribution in [3.05, 3.63) is 65.2 Å². The van der Waals surface area contributed by atoms with Gasteiger partial charge in [0.15, 0.2) is 0 Å². The summed E-state index contributed by atoms with van der Waals surface area (Å²) in [7, 11) is 0. The van der Waals surface area contributed by atoms with Gasteiger partial charge in [-0.3, -0.25) is 14.4 Å². The molecule has 0 unspecified atom stereocenters. The first-order chi connectivity index (χ1) is 16.7. The van der Waals surface area contributed by atoms with Gasteiger partial charge in [-0.25, -0.2) is 0 Å². The van der Waals surface area contributed by atoms with Gasteiger partial charge in [-0.2, -0.15) is 0 Å². The van der Waals surface area contributed by atoms with Crippen LogP contribution in [-0.2, 0) is 20.8 Å². The smallest absolute Gasteiger partial charge is 0.246 e. The summed E-state index contributed by atoms with van der Waals surface area (Å²) in [4.78, 5) is 40.1. The van der Waals surface area contributed by atoms with E-state index in [0.29, 0.717) is 31.6 Å². The third kappa shape index (κ3) is 9.48. The minimum absolute atomic E-state index is 0.198. The monoisotopic (exact) mass is 482 g/mol. The van der Waals surface area contributed by atoms with Gasteiger partial charge in [-0.1, -0.05) is 36.4 Å². The molecule has 2 aromatic carbocycles. The third-order valence-corrected chi connectivity index (χ3v) is 5.57. The molecule has 2 aromatic rings. The first kappa shape index (κ1) is 28.0. The Labute approximate surface area is 207 Å². The Morgan fingerprint density at radius 2 is 1.51 bits per heavy atom. The summed E-state index contributed by atoms with van der Waals surface area (Å²) in [6.45, 7) is 5.14. The second-order valence-electron chi connectivity index (χ2n) is 8.72. The lowest BCUT2D eigenvalue weighted by Gasteiger charge is -2.24. The highest BCUT2D eigenvalue weighted by molar-refractivity contribution is 5.98. The first-order valence-corrected chi connectivity index (χ1v) is 11.9. The Kier molecular flexibility index (Phi) is 11.4. The maximum absolute atomic E-state index is 13.1. The largest absolute Gasteiger partial charge is 0.343 e. The molecule has 9 heteroatoms. The molecule has 3 amide bonds. The number of nitrogens with zero attached hydrogens (tertiary/aromatic N) is 1. The maximum Gasteiger partial charge on any atom is 0.246 e. The molecular weight excluding hydrogens is 444 g/mol. The van der Waals surface area contributed by atoms with Crippen LogP contribution >= 0.6 is 0 Å². The number of benzene rings is 2. The molecule has 0 saturated heterocycles. The number of nitrogens with two attached hydrogens (primary N) is 3. The fourth-order valence-electron chi connectivity index (χ4n) is 3.86. The summed E-state index contributed by atoms with van der Waals surface area (Å²) in [6.07, 6.45) is 0.760. The van der Waals surface area contributed by atoms with E-state index in [2.05, 4.69) is 10.6 Å². The van der Waals surface area contributed by atoms with Crippen LogP contribution in [-0.4, -0.2) is 60.9 Å². The van der Waals surface area contributed by atoms with Gasteiger partial charge >= 0.3 is 0 Å². The molecular formula is C26H38N6O3. The number of amides is 3. The number of aryl methyl sites for hydroxylation is 3. The predicted octanol–water partition coefficient (Wildman–Crippen LogP) is 0.823. The van der Waals surface area contributed by atoms with Crippen LogP contribution in [0.5, 0.6) is 0 Å². The molecule has 0 aromatic heterocycles. The van der Waals surface area contributed by atoms with Gasteiger partial charge in [0.2, 0.25) is 17.7 Å². The van der Waals surface area contributed by atoms with Gasteiger partial charge in [0.25, 0.3) is 0 Å². The fourth-order valence-corrected chi connectivity index (χ4v) is 3.86. The molecule has 8 N–H and O–H groups in total. The van der Waals surface area contributed by atoms with Crippen molar-refractivity contribution >= 4 is 23.4 Å². The van der Waals surface area contributed by atoms with Gasteiger partial charge in [0.1, 0.15) is 6.04 Å². The van der Waals surface area contributed by atoms with Crippen LogP contribution in [0, 0.1) is 13.8 Å². The van der Waals surface area contributed by atoms with Crippen LogP contribution in [0.1, 0.15) is 29.5 Å². The number of anilines is 1.